The summed E-state index contributed by atoms with van der Waals surface area (Å²) in [6.07, 6.45) is -3.58. The summed E-state index contributed by atoms with van der Waals surface area (Å²) in [7, 11) is 0. The lowest BCUT2D eigenvalue weighted by Gasteiger charge is -2.14. The maximum absolute atomic E-state index is 12.1. The SMILES string of the molecule is Cc1cc(NC(=O)C2CCNC2)ccc1OCC(F)(F)F.Cl. The summed E-state index contributed by atoms with van der Waals surface area (Å²) in [6, 6.07) is 4.58. The average Bonchev–Trinajstić information content (AvgIpc) is 2.90. The monoisotopic (exact) mass is 338 g/mol. The van der Waals surface area contributed by atoms with Gasteiger partial charge in [0.05, 0.1) is 5.92 Å². The molecule has 0 bridgehead atoms. The van der Waals surface area contributed by atoms with Crippen LogP contribution in [-0.4, -0.2) is 31.8 Å². The summed E-state index contributed by atoms with van der Waals surface area (Å²) < 4.78 is 41.0. The van der Waals surface area contributed by atoms with Crippen molar-refractivity contribution in [3.8, 4) is 5.75 Å². The topological polar surface area (TPSA) is 50.4 Å². The predicted octanol–water partition coefficient (Wildman–Crippen LogP) is 2.91. The van der Waals surface area contributed by atoms with Crippen molar-refractivity contribution in [3.05, 3.63) is 23.8 Å². The average molecular weight is 339 g/mol. The van der Waals surface area contributed by atoms with Crippen molar-refractivity contribution < 1.29 is 22.7 Å². The van der Waals surface area contributed by atoms with Crippen molar-refractivity contribution in [1.29, 1.82) is 0 Å². The number of rotatable bonds is 4. The molecule has 1 heterocycles. The molecule has 8 heteroatoms. The van der Waals surface area contributed by atoms with Crippen LogP contribution in [0.4, 0.5) is 18.9 Å². The fourth-order valence-corrected chi connectivity index (χ4v) is 2.17. The van der Waals surface area contributed by atoms with E-state index in [-0.39, 0.29) is 30.0 Å². The zero-order valence-electron chi connectivity index (χ0n) is 12.0. The van der Waals surface area contributed by atoms with Gasteiger partial charge in [-0.15, -0.1) is 12.4 Å². The van der Waals surface area contributed by atoms with Gasteiger partial charge in [0.1, 0.15) is 5.75 Å². The van der Waals surface area contributed by atoms with Gasteiger partial charge < -0.3 is 15.4 Å². The molecule has 22 heavy (non-hydrogen) atoms. The Labute approximate surface area is 132 Å². The molecule has 0 radical (unpaired) electrons. The van der Waals surface area contributed by atoms with Crippen molar-refractivity contribution in [2.45, 2.75) is 19.5 Å². The summed E-state index contributed by atoms with van der Waals surface area (Å²) in [5.41, 5.74) is 1.10. The summed E-state index contributed by atoms with van der Waals surface area (Å²) in [5, 5.41) is 5.87. The Morgan fingerprint density at radius 1 is 1.45 bits per heavy atom. The van der Waals surface area contributed by atoms with Gasteiger partial charge in [-0.25, -0.2) is 0 Å². The number of alkyl halides is 3. The second-order valence-electron chi connectivity index (χ2n) is 5.06. The maximum atomic E-state index is 12.1. The van der Waals surface area contributed by atoms with Crippen molar-refractivity contribution in [3.63, 3.8) is 0 Å². The second-order valence-corrected chi connectivity index (χ2v) is 5.06. The van der Waals surface area contributed by atoms with E-state index in [0.717, 1.165) is 13.0 Å². The molecule has 2 N–H and O–H groups in total. The number of benzene rings is 1. The van der Waals surface area contributed by atoms with Crippen LogP contribution in [0.15, 0.2) is 18.2 Å². The van der Waals surface area contributed by atoms with Gasteiger partial charge in [0, 0.05) is 12.2 Å². The molecule has 1 unspecified atom stereocenters. The molecule has 1 atom stereocenters. The molecule has 0 spiro atoms. The first-order valence-electron chi connectivity index (χ1n) is 6.67. The normalized spacial score (nSPS) is 17.7. The highest BCUT2D eigenvalue weighted by atomic mass is 35.5. The lowest BCUT2D eigenvalue weighted by Crippen LogP contribution is -2.24. The van der Waals surface area contributed by atoms with E-state index in [1.165, 1.54) is 6.07 Å². The zero-order chi connectivity index (χ0) is 15.5. The number of aryl methyl sites for hydroxylation is 1. The number of carbonyl (C=O) groups is 1. The van der Waals surface area contributed by atoms with E-state index in [9.17, 15) is 18.0 Å². The zero-order valence-corrected chi connectivity index (χ0v) is 12.8. The molecule has 1 aliphatic heterocycles. The molecule has 0 aliphatic carbocycles. The quantitative estimate of drug-likeness (QED) is 0.887. The van der Waals surface area contributed by atoms with Crippen molar-refractivity contribution >= 4 is 24.0 Å². The third-order valence-corrected chi connectivity index (χ3v) is 3.26. The molecule has 1 amide bonds. The van der Waals surface area contributed by atoms with Gasteiger partial charge in [0.25, 0.3) is 0 Å². The van der Waals surface area contributed by atoms with Crippen LogP contribution in [0.25, 0.3) is 0 Å². The van der Waals surface area contributed by atoms with Gasteiger partial charge in [-0.2, -0.15) is 13.2 Å². The molecule has 1 aromatic rings. The van der Waals surface area contributed by atoms with Gasteiger partial charge in [0.2, 0.25) is 5.91 Å². The summed E-state index contributed by atoms with van der Waals surface area (Å²) in [5.74, 6) is 0.0164. The first-order valence-corrected chi connectivity index (χ1v) is 6.67. The number of halogens is 4. The summed E-state index contributed by atoms with van der Waals surface area (Å²) in [4.78, 5) is 11.9. The molecular weight excluding hydrogens is 321 g/mol. The molecule has 124 valence electrons. The number of ether oxygens (including phenoxy) is 1. The Morgan fingerprint density at radius 3 is 2.73 bits per heavy atom. The number of nitrogens with one attached hydrogen (secondary N) is 2. The minimum absolute atomic E-state index is 0. The smallest absolute Gasteiger partial charge is 0.422 e. The fraction of sp³-hybridized carbons (Fsp3) is 0.500. The molecule has 4 nitrogen and oxygen atoms in total. The highest BCUT2D eigenvalue weighted by Gasteiger charge is 2.28. The molecule has 1 saturated heterocycles. The van der Waals surface area contributed by atoms with E-state index in [1.807, 2.05) is 0 Å². The first-order chi connectivity index (χ1) is 9.85. The molecule has 0 aromatic heterocycles. The number of hydrogen-bond donors (Lipinski definition) is 2. The molecule has 0 saturated carbocycles. The molecular formula is C14H18ClF3N2O2. The van der Waals surface area contributed by atoms with E-state index in [1.54, 1.807) is 19.1 Å². The van der Waals surface area contributed by atoms with Crippen LogP contribution in [0.2, 0.25) is 0 Å². The Morgan fingerprint density at radius 2 is 2.18 bits per heavy atom. The van der Waals surface area contributed by atoms with Crippen LogP contribution in [0, 0.1) is 12.8 Å². The predicted molar refractivity (Wildman–Crippen MR) is 79.6 cm³/mol. The number of amides is 1. The van der Waals surface area contributed by atoms with Gasteiger partial charge >= 0.3 is 6.18 Å². The Hall–Kier alpha value is -1.47. The third kappa shape index (κ3) is 5.38. The Bertz CT molecular complexity index is 517. The van der Waals surface area contributed by atoms with E-state index < -0.39 is 12.8 Å². The maximum Gasteiger partial charge on any atom is 0.422 e. The second kappa shape index (κ2) is 7.69. The number of hydrogen-bond acceptors (Lipinski definition) is 3. The molecule has 2 rings (SSSR count). The number of carbonyl (C=O) groups excluding carboxylic acids is 1. The largest absolute Gasteiger partial charge is 0.484 e. The van der Waals surface area contributed by atoms with Crippen LogP contribution in [0.1, 0.15) is 12.0 Å². The third-order valence-electron chi connectivity index (χ3n) is 3.26. The van der Waals surface area contributed by atoms with E-state index in [0.29, 0.717) is 17.8 Å². The first kappa shape index (κ1) is 18.6. The van der Waals surface area contributed by atoms with Gasteiger partial charge in [-0.05, 0) is 43.7 Å². The van der Waals surface area contributed by atoms with Crippen molar-refractivity contribution in [2.75, 3.05) is 25.0 Å². The van der Waals surface area contributed by atoms with Crippen LogP contribution < -0.4 is 15.4 Å². The van der Waals surface area contributed by atoms with Crippen molar-refractivity contribution in [2.24, 2.45) is 5.92 Å². The lowest BCUT2D eigenvalue weighted by atomic mass is 10.1. The minimum Gasteiger partial charge on any atom is -0.484 e. The molecule has 1 aromatic carbocycles. The minimum atomic E-state index is -4.37. The van der Waals surface area contributed by atoms with Gasteiger partial charge in [0.15, 0.2) is 6.61 Å². The van der Waals surface area contributed by atoms with Gasteiger partial charge in [-0.3, -0.25) is 4.79 Å². The fourth-order valence-electron chi connectivity index (χ4n) is 2.17. The highest BCUT2D eigenvalue weighted by molar-refractivity contribution is 5.93. The van der Waals surface area contributed by atoms with E-state index >= 15 is 0 Å². The van der Waals surface area contributed by atoms with E-state index in [4.69, 9.17) is 4.74 Å². The van der Waals surface area contributed by atoms with Gasteiger partial charge in [-0.1, -0.05) is 0 Å². The Kier molecular flexibility index (Phi) is 6.49. The summed E-state index contributed by atoms with van der Waals surface area (Å²) in [6.45, 7) is 1.78. The van der Waals surface area contributed by atoms with Crippen LogP contribution in [0.5, 0.6) is 5.75 Å². The summed E-state index contributed by atoms with van der Waals surface area (Å²) >= 11 is 0. The standard InChI is InChI=1S/C14H17F3N2O2.ClH/c1-9-6-11(19-13(20)10-4-5-18-7-10)2-3-12(9)21-8-14(15,16)17;/h2-3,6,10,18H,4-5,7-8H2,1H3,(H,19,20);1H. The molecule has 1 fully saturated rings. The lowest BCUT2D eigenvalue weighted by molar-refractivity contribution is -0.153. The highest BCUT2D eigenvalue weighted by Crippen LogP contribution is 2.25. The Balaban J connectivity index is 0.00000242. The van der Waals surface area contributed by atoms with Crippen LogP contribution >= 0.6 is 12.4 Å². The van der Waals surface area contributed by atoms with Crippen LogP contribution in [-0.2, 0) is 4.79 Å². The number of anilines is 1. The molecule has 1 aliphatic rings. The van der Waals surface area contributed by atoms with Crippen molar-refractivity contribution in [1.82, 2.24) is 5.32 Å². The van der Waals surface area contributed by atoms with E-state index in [2.05, 4.69) is 10.6 Å². The van der Waals surface area contributed by atoms with Crippen LogP contribution in [0.3, 0.4) is 0 Å².